The molecular weight excluding hydrogens is 388 g/mol. The molecule has 0 radical (unpaired) electrons. The Balaban J connectivity index is 1.46. The van der Waals surface area contributed by atoms with Crippen LogP contribution in [0, 0.1) is 28.6 Å². The largest absolute Gasteiger partial charge is 0.462 e. The maximum Gasteiger partial charge on any atom is 0.348 e. The van der Waals surface area contributed by atoms with Gasteiger partial charge in [-0.2, -0.15) is 5.26 Å². The van der Waals surface area contributed by atoms with Crippen molar-refractivity contribution in [2.75, 3.05) is 11.9 Å². The van der Waals surface area contributed by atoms with Gasteiger partial charge in [-0.15, -0.1) is 11.6 Å². The van der Waals surface area contributed by atoms with E-state index in [2.05, 4.69) is 5.32 Å². The van der Waals surface area contributed by atoms with E-state index in [1.54, 1.807) is 31.2 Å². The van der Waals surface area contributed by atoms with Gasteiger partial charge in [-0.05, 0) is 81.1 Å². The quantitative estimate of drug-likeness (QED) is 0.330. The van der Waals surface area contributed by atoms with Crippen molar-refractivity contribution in [3.05, 3.63) is 35.4 Å². The normalized spacial score (nSPS) is 32.5. The molecule has 4 bridgehead atoms. The highest BCUT2D eigenvalue weighted by atomic mass is 35.5. The Morgan fingerprint density at radius 2 is 1.90 bits per heavy atom. The predicted octanol–water partition coefficient (Wildman–Crippen LogP) is 4.67. The molecule has 2 atom stereocenters. The van der Waals surface area contributed by atoms with Gasteiger partial charge >= 0.3 is 5.97 Å². The average Bonchev–Trinajstić information content (AvgIpc) is 2.65. The molecule has 6 heteroatoms. The maximum atomic E-state index is 13.2. The third-order valence-electron chi connectivity index (χ3n) is 6.57. The minimum absolute atomic E-state index is 0.0513. The fraction of sp³-hybridized carbons (Fsp3) is 0.522. The molecule has 1 aromatic carbocycles. The summed E-state index contributed by atoms with van der Waals surface area (Å²) in [5.41, 5.74) is 1.01. The Kier molecular flexibility index (Phi) is 5.16. The van der Waals surface area contributed by atoms with Crippen LogP contribution >= 0.6 is 11.6 Å². The number of carbonyl (C=O) groups excluding carboxylic acids is 2. The predicted molar refractivity (Wildman–Crippen MR) is 111 cm³/mol. The summed E-state index contributed by atoms with van der Waals surface area (Å²) in [6.07, 6.45) is 7.44. The minimum Gasteiger partial charge on any atom is -0.462 e. The number of esters is 1. The van der Waals surface area contributed by atoms with Crippen LogP contribution < -0.4 is 5.32 Å². The van der Waals surface area contributed by atoms with Crippen molar-refractivity contribution < 1.29 is 14.3 Å². The molecule has 1 aromatic rings. The van der Waals surface area contributed by atoms with Crippen molar-refractivity contribution in [3.63, 3.8) is 0 Å². The zero-order valence-corrected chi connectivity index (χ0v) is 17.3. The lowest BCUT2D eigenvalue weighted by Gasteiger charge is -2.59. The van der Waals surface area contributed by atoms with Crippen molar-refractivity contribution in [1.82, 2.24) is 0 Å². The number of alkyl halides is 1. The number of anilines is 1. The van der Waals surface area contributed by atoms with E-state index in [-0.39, 0.29) is 28.4 Å². The molecule has 0 heterocycles. The van der Waals surface area contributed by atoms with E-state index in [0.29, 0.717) is 23.1 Å². The van der Waals surface area contributed by atoms with Crippen LogP contribution in [0.25, 0.3) is 6.08 Å². The Hall–Kier alpha value is -2.32. The fourth-order valence-electron chi connectivity index (χ4n) is 5.86. The van der Waals surface area contributed by atoms with Crippen LogP contribution in [0.5, 0.6) is 0 Å². The summed E-state index contributed by atoms with van der Waals surface area (Å²) in [6.45, 7) is 1.91. The number of hydrogen-bond acceptors (Lipinski definition) is 4. The van der Waals surface area contributed by atoms with Gasteiger partial charge in [0, 0.05) is 10.6 Å². The maximum absolute atomic E-state index is 13.2. The van der Waals surface area contributed by atoms with E-state index < -0.39 is 5.97 Å². The summed E-state index contributed by atoms with van der Waals surface area (Å²) in [5, 5.41) is 12.2. The number of carbonyl (C=O) groups is 2. The Labute approximate surface area is 176 Å². The SMILES string of the molecule is CCOC(=O)/C(C#N)=C/c1ccc(NC(=O)C23CC4CC(CC(Cl)(C4)C2)C3)cc1. The molecule has 0 saturated heterocycles. The van der Waals surface area contributed by atoms with Gasteiger partial charge in [-0.25, -0.2) is 4.79 Å². The second-order valence-corrected chi connectivity index (χ2v) is 9.66. The van der Waals surface area contributed by atoms with Gasteiger partial charge in [-0.3, -0.25) is 4.79 Å². The Morgan fingerprint density at radius 1 is 1.24 bits per heavy atom. The van der Waals surface area contributed by atoms with Crippen LogP contribution in [0.1, 0.15) is 51.0 Å². The highest BCUT2D eigenvalue weighted by molar-refractivity contribution is 6.24. The molecule has 1 N–H and O–H groups in total. The van der Waals surface area contributed by atoms with Crippen molar-refractivity contribution >= 4 is 35.2 Å². The molecular formula is C23H25ClN2O3. The minimum atomic E-state index is -0.635. The van der Waals surface area contributed by atoms with Crippen molar-refractivity contribution in [2.24, 2.45) is 17.3 Å². The smallest absolute Gasteiger partial charge is 0.348 e. The molecule has 0 aliphatic heterocycles. The first kappa shape index (κ1) is 20.0. The molecule has 1 amide bonds. The van der Waals surface area contributed by atoms with E-state index in [0.717, 1.165) is 32.1 Å². The van der Waals surface area contributed by atoms with E-state index >= 15 is 0 Å². The zero-order chi connectivity index (χ0) is 20.6. The van der Waals surface area contributed by atoms with Gasteiger partial charge in [0.2, 0.25) is 5.91 Å². The molecule has 2 unspecified atom stereocenters. The van der Waals surface area contributed by atoms with Crippen molar-refractivity contribution in [2.45, 2.75) is 50.3 Å². The summed E-state index contributed by atoms with van der Waals surface area (Å²) >= 11 is 6.85. The average molecular weight is 413 g/mol. The number of ether oxygens (including phenoxy) is 1. The van der Waals surface area contributed by atoms with Crippen LogP contribution in [0.15, 0.2) is 29.8 Å². The van der Waals surface area contributed by atoms with Crippen LogP contribution in [0.2, 0.25) is 0 Å². The summed E-state index contributed by atoms with van der Waals surface area (Å²) < 4.78 is 4.87. The van der Waals surface area contributed by atoms with Crippen LogP contribution in [0.3, 0.4) is 0 Å². The van der Waals surface area contributed by atoms with E-state index in [1.807, 2.05) is 6.07 Å². The summed E-state index contributed by atoms with van der Waals surface area (Å²) in [7, 11) is 0. The van der Waals surface area contributed by atoms with Crippen LogP contribution in [0.4, 0.5) is 5.69 Å². The first-order chi connectivity index (χ1) is 13.8. The number of halogens is 1. The third-order valence-corrected chi connectivity index (χ3v) is 7.01. The Morgan fingerprint density at radius 3 is 2.45 bits per heavy atom. The van der Waals surface area contributed by atoms with Gasteiger partial charge in [-0.1, -0.05) is 12.1 Å². The van der Waals surface area contributed by atoms with Crippen molar-refractivity contribution in [1.29, 1.82) is 5.26 Å². The molecule has 152 valence electrons. The fourth-order valence-corrected chi connectivity index (χ4v) is 6.55. The van der Waals surface area contributed by atoms with E-state index in [4.69, 9.17) is 21.6 Å². The standard InChI is InChI=1S/C23H25ClN2O3/c1-2-29-20(27)18(13-25)8-15-3-5-19(6-4-15)26-21(28)22-9-16-7-17(10-22)12-23(24,11-16)14-22/h3-6,8,16-17H,2,7,9-12,14H2,1H3,(H,26,28)/b18-8+. The van der Waals surface area contributed by atoms with E-state index in [1.165, 1.54) is 12.5 Å². The molecule has 4 fully saturated rings. The van der Waals surface area contributed by atoms with E-state index in [9.17, 15) is 9.59 Å². The molecule has 5 nitrogen and oxygen atoms in total. The lowest BCUT2D eigenvalue weighted by atomic mass is 9.49. The Bertz CT molecular complexity index is 886. The first-order valence-electron chi connectivity index (χ1n) is 10.2. The first-order valence-corrected chi connectivity index (χ1v) is 10.6. The number of rotatable bonds is 5. The molecule has 4 aliphatic carbocycles. The topological polar surface area (TPSA) is 79.2 Å². The molecule has 0 aromatic heterocycles. The van der Waals surface area contributed by atoms with Gasteiger partial charge in [0.15, 0.2) is 0 Å². The van der Waals surface area contributed by atoms with Gasteiger partial charge in [0.05, 0.1) is 12.0 Å². The second-order valence-electron chi connectivity index (χ2n) is 8.86. The molecule has 4 saturated carbocycles. The number of nitrogens with one attached hydrogen (secondary N) is 1. The molecule has 5 rings (SSSR count). The summed E-state index contributed by atoms with van der Waals surface area (Å²) in [5.74, 6) is 0.576. The molecule has 0 spiro atoms. The highest BCUT2D eigenvalue weighted by Crippen LogP contribution is 2.64. The molecule has 29 heavy (non-hydrogen) atoms. The molecule has 4 aliphatic rings. The number of nitriles is 1. The lowest BCUT2D eigenvalue weighted by Crippen LogP contribution is -2.57. The van der Waals surface area contributed by atoms with Gasteiger partial charge < -0.3 is 10.1 Å². The summed E-state index contributed by atoms with van der Waals surface area (Å²) in [6, 6.07) is 8.99. The van der Waals surface area contributed by atoms with Gasteiger partial charge in [0.25, 0.3) is 0 Å². The number of amides is 1. The van der Waals surface area contributed by atoms with Crippen LogP contribution in [-0.4, -0.2) is 23.4 Å². The van der Waals surface area contributed by atoms with Gasteiger partial charge in [0.1, 0.15) is 11.6 Å². The zero-order valence-electron chi connectivity index (χ0n) is 16.5. The van der Waals surface area contributed by atoms with Crippen molar-refractivity contribution in [3.8, 4) is 6.07 Å². The monoisotopic (exact) mass is 412 g/mol. The summed E-state index contributed by atoms with van der Waals surface area (Å²) in [4.78, 5) is 24.7. The lowest BCUT2D eigenvalue weighted by molar-refractivity contribution is -0.139. The van der Waals surface area contributed by atoms with Crippen LogP contribution in [-0.2, 0) is 14.3 Å². The highest BCUT2D eigenvalue weighted by Gasteiger charge is 2.60. The number of hydrogen-bond donors (Lipinski definition) is 1. The number of benzene rings is 1. The number of nitrogens with zero attached hydrogens (tertiary/aromatic N) is 1. The second kappa shape index (κ2) is 7.50. The third kappa shape index (κ3) is 3.91.